The van der Waals surface area contributed by atoms with E-state index in [9.17, 15) is 0 Å². The van der Waals surface area contributed by atoms with Crippen LogP contribution in [0.5, 0.6) is 0 Å². The van der Waals surface area contributed by atoms with Gasteiger partial charge in [-0.3, -0.25) is 0 Å². The van der Waals surface area contributed by atoms with E-state index in [1.165, 1.54) is 0 Å². The van der Waals surface area contributed by atoms with Gasteiger partial charge in [-0.1, -0.05) is 12.1 Å². The Labute approximate surface area is 106 Å². The highest BCUT2D eigenvalue weighted by molar-refractivity contribution is 5.81. The molecule has 8 N–H and O–H groups in total. The number of hydrogen-bond donors (Lipinski definition) is 4. The third-order valence-electron chi connectivity index (χ3n) is 2.57. The van der Waals surface area contributed by atoms with E-state index in [1.54, 1.807) is 6.07 Å². The maximum Gasteiger partial charge on any atom is 0.0393 e. The normalized spacial score (nSPS) is 11.4. The molecule has 0 saturated heterocycles. The zero-order valence-corrected chi connectivity index (χ0v) is 9.93. The van der Waals surface area contributed by atoms with Crippen molar-refractivity contribution in [3.8, 4) is 0 Å². The largest absolute Gasteiger partial charge is 0.399 e. The molecule has 4 heteroatoms. The molecule has 0 saturated carbocycles. The molecule has 0 spiro atoms. The molecule has 0 aromatic heterocycles. The Hall–Kier alpha value is -2.62. The van der Waals surface area contributed by atoms with E-state index in [1.807, 2.05) is 42.5 Å². The van der Waals surface area contributed by atoms with Crippen molar-refractivity contribution in [2.45, 2.75) is 0 Å². The highest BCUT2D eigenvalue weighted by atomic mass is 14.6. The molecule has 2 rings (SSSR count). The fraction of sp³-hybridized carbons (Fsp3) is 0. The molecule has 0 aliphatic carbocycles. The van der Waals surface area contributed by atoms with Gasteiger partial charge >= 0.3 is 0 Å². The quantitative estimate of drug-likeness (QED) is 0.475. The van der Waals surface area contributed by atoms with E-state index in [0.29, 0.717) is 22.8 Å². The minimum atomic E-state index is 0.617. The van der Waals surface area contributed by atoms with Crippen LogP contribution in [-0.4, -0.2) is 0 Å². The summed E-state index contributed by atoms with van der Waals surface area (Å²) in [5, 5.41) is 0. The molecule has 4 nitrogen and oxygen atoms in total. The van der Waals surface area contributed by atoms with Gasteiger partial charge in [0.25, 0.3) is 0 Å². The van der Waals surface area contributed by atoms with Crippen molar-refractivity contribution in [1.82, 2.24) is 0 Å². The average molecular weight is 240 g/mol. The number of hydrogen-bond acceptors (Lipinski definition) is 4. The Morgan fingerprint density at radius 2 is 1.33 bits per heavy atom. The van der Waals surface area contributed by atoms with Gasteiger partial charge in [-0.05, 0) is 47.5 Å². The zero-order chi connectivity index (χ0) is 13.1. The maximum atomic E-state index is 6.02. The van der Waals surface area contributed by atoms with Gasteiger partial charge in [0.1, 0.15) is 0 Å². The van der Waals surface area contributed by atoms with Gasteiger partial charge in [-0.2, -0.15) is 0 Å². The molecule has 0 radical (unpaired) electrons. The van der Waals surface area contributed by atoms with Crippen molar-refractivity contribution in [2.24, 2.45) is 5.73 Å². The summed E-state index contributed by atoms with van der Waals surface area (Å²) in [6.45, 7) is 0. The second-order valence-corrected chi connectivity index (χ2v) is 4.15. The monoisotopic (exact) mass is 240 g/mol. The standard InChI is InChI=1S/C14H16N4/c15-11-3-1-10(2-4-11)14(18)7-9-5-12(16)8-13(17)6-9/h1-8H,15-18H2/b14-7-. The number of rotatable bonds is 2. The second kappa shape index (κ2) is 4.71. The van der Waals surface area contributed by atoms with Crippen LogP contribution < -0.4 is 22.9 Å². The molecule has 0 aliphatic heterocycles. The lowest BCUT2D eigenvalue weighted by Crippen LogP contribution is -1.97. The van der Waals surface area contributed by atoms with Gasteiger partial charge in [0, 0.05) is 22.8 Å². The van der Waals surface area contributed by atoms with Crippen molar-refractivity contribution >= 4 is 28.8 Å². The average Bonchev–Trinajstić information content (AvgIpc) is 2.28. The first kappa shape index (κ1) is 11.9. The van der Waals surface area contributed by atoms with Gasteiger partial charge in [0.05, 0.1) is 0 Å². The van der Waals surface area contributed by atoms with Gasteiger partial charge in [-0.25, -0.2) is 0 Å². The van der Waals surface area contributed by atoms with Crippen LogP contribution in [0.15, 0.2) is 42.5 Å². The third kappa shape index (κ3) is 2.74. The second-order valence-electron chi connectivity index (χ2n) is 4.15. The third-order valence-corrected chi connectivity index (χ3v) is 2.57. The number of nitrogens with two attached hydrogens (primary N) is 4. The van der Waals surface area contributed by atoms with Crippen LogP contribution in [-0.2, 0) is 0 Å². The van der Waals surface area contributed by atoms with Crippen molar-refractivity contribution < 1.29 is 0 Å². The molecule has 0 unspecified atom stereocenters. The van der Waals surface area contributed by atoms with E-state index in [4.69, 9.17) is 22.9 Å². The van der Waals surface area contributed by atoms with Crippen molar-refractivity contribution in [3.05, 3.63) is 53.6 Å². The van der Waals surface area contributed by atoms with Crippen LogP contribution in [0.2, 0.25) is 0 Å². The van der Waals surface area contributed by atoms with Crippen LogP contribution in [0.1, 0.15) is 11.1 Å². The van der Waals surface area contributed by atoms with Gasteiger partial charge in [0.2, 0.25) is 0 Å². The summed E-state index contributed by atoms with van der Waals surface area (Å²) in [6.07, 6.45) is 1.83. The summed E-state index contributed by atoms with van der Waals surface area (Å²) in [7, 11) is 0. The highest BCUT2D eigenvalue weighted by Gasteiger charge is 1.99. The summed E-state index contributed by atoms with van der Waals surface area (Å²) in [4.78, 5) is 0. The first-order chi connectivity index (χ1) is 8.54. The molecule has 0 aliphatic rings. The minimum Gasteiger partial charge on any atom is -0.399 e. The molecular weight excluding hydrogens is 224 g/mol. The first-order valence-corrected chi connectivity index (χ1v) is 5.54. The molecule has 0 fully saturated rings. The minimum absolute atomic E-state index is 0.617. The van der Waals surface area contributed by atoms with Crippen LogP contribution in [0.4, 0.5) is 17.1 Å². The maximum absolute atomic E-state index is 6.02. The topological polar surface area (TPSA) is 104 Å². The molecule has 0 atom stereocenters. The Morgan fingerprint density at radius 3 is 1.89 bits per heavy atom. The fourth-order valence-electron chi connectivity index (χ4n) is 1.72. The van der Waals surface area contributed by atoms with E-state index in [0.717, 1.165) is 11.1 Å². The van der Waals surface area contributed by atoms with Crippen molar-refractivity contribution in [3.63, 3.8) is 0 Å². The van der Waals surface area contributed by atoms with Crippen molar-refractivity contribution in [2.75, 3.05) is 17.2 Å². The molecule has 0 amide bonds. The smallest absolute Gasteiger partial charge is 0.0393 e. The molecule has 2 aromatic carbocycles. The summed E-state index contributed by atoms with van der Waals surface area (Å²) >= 11 is 0. The number of nitrogen functional groups attached to an aromatic ring is 3. The summed E-state index contributed by atoms with van der Waals surface area (Å²) in [6, 6.07) is 12.7. The molecule has 18 heavy (non-hydrogen) atoms. The van der Waals surface area contributed by atoms with Crippen LogP contribution in [0.25, 0.3) is 11.8 Å². The van der Waals surface area contributed by atoms with E-state index < -0.39 is 0 Å². The lowest BCUT2D eigenvalue weighted by atomic mass is 10.1. The van der Waals surface area contributed by atoms with Gasteiger partial charge in [-0.15, -0.1) is 0 Å². The Morgan fingerprint density at radius 1 is 0.778 bits per heavy atom. The number of anilines is 3. The lowest BCUT2D eigenvalue weighted by Gasteiger charge is -2.04. The van der Waals surface area contributed by atoms with Crippen LogP contribution >= 0.6 is 0 Å². The zero-order valence-electron chi connectivity index (χ0n) is 9.93. The van der Waals surface area contributed by atoms with Crippen molar-refractivity contribution in [1.29, 1.82) is 0 Å². The summed E-state index contributed by atoms with van der Waals surface area (Å²) in [5.41, 5.74) is 27.5. The number of benzene rings is 2. The molecule has 2 aromatic rings. The van der Waals surface area contributed by atoms with Crippen LogP contribution in [0.3, 0.4) is 0 Å². The first-order valence-electron chi connectivity index (χ1n) is 5.54. The lowest BCUT2D eigenvalue weighted by molar-refractivity contribution is 1.52. The predicted octanol–water partition coefficient (Wildman–Crippen LogP) is 1.89. The van der Waals surface area contributed by atoms with E-state index in [-0.39, 0.29) is 0 Å². The predicted molar refractivity (Wildman–Crippen MR) is 78.2 cm³/mol. The van der Waals surface area contributed by atoms with Crippen LogP contribution in [0, 0.1) is 0 Å². The Bertz CT molecular complexity index is 565. The molecule has 0 heterocycles. The molecule has 92 valence electrons. The van der Waals surface area contributed by atoms with E-state index >= 15 is 0 Å². The summed E-state index contributed by atoms with van der Waals surface area (Å²) in [5.74, 6) is 0. The molecular formula is C14H16N4. The highest BCUT2D eigenvalue weighted by Crippen LogP contribution is 2.19. The van der Waals surface area contributed by atoms with Gasteiger partial charge < -0.3 is 22.9 Å². The Balaban J connectivity index is 2.35. The SMILES string of the molecule is N/C(=C\c1cc(N)cc(N)c1)c1ccc(N)cc1. The van der Waals surface area contributed by atoms with E-state index in [2.05, 4.69) is 0 Å². The molecule has 0 bridgehead atoms. The summed E-state index contributed by atoms with van der Waals surface area (Å²) < 4.78 is 0. The fourth-order valence-corrected chi connectivity index (χ4v) is 1.72. The Kier molecular flexibility index (Phi) is 3.10. The van der Waals surface area contributed by atoms with Gasteiger partial charge in [0.15, 0.2) is 0 Å².